The number of hydrogen-bond acceptors (Lipinski definition) is 5. The number of rotatable bonds is 7. The molecule has 0 aliphatic rings. The molecule has 122 valence electrons. The summed E-state index contributed by atoms with van der Waals surface area (Å²) in [7, 11) is 3.42. The number of amides is 1. The number of methoxy groups -OCH3 is 1. The van der Waals surface area contributed by atoms with E-state index >= 15 is 0 Å². The molecule has 0 fully saturated rings. The van der Waals surface area contributed by atoms with Crippen LogP contribution in [0, 0.1) is 0 Å². The summed E-state index contributed by atoms with van der Waals surface area (Å²) < 4.78 is 5.11. The smallest absolute Gasteiger partial charge is 0.256 e. The minimum atomic E-state index is -0.0607. The average molecular weight is 314 g/mol. The summed E-state index contributed by atoms with van der Waals surface area (Å²) in [6.07, 6.45) is 5.13. The van der Waals surface area contributed by atoms with Gasteiger partial charge in [0.05, 0.1) is 12.7 Å². The summed E-state index contributed by atoms with van der Waals surface area (Å²) in [6.45, 7) is 2.84. The molecule has 2 rings (SSSR count). The second kappa shape index (κ2) is 8.12. The zero-order chi connectivity index (χ0) is 16.7. The zero-order valence-corrected chi connectivity index (χ0v) is 13.7. The van der Waals surface area contributed by atoms with Crippen molar-refractivity contribution in [3.05, 3.63) is 42.2 Å². The third-order valence-electron chi connectivity index (χ3n) is 3.44. The minimum Gasteiger partial charge on any atom is -0.497 e. The van der Waals surface area contributed by atoms with E-state index in [9.17, 15) is 4.79 Å². The van der Waals surface area contributed by atoms with E-state index < -0.39 is 0 Å². The first kappa shape index (κ1) is 16.7. The molecule has 6 nitrogen and oxygen atoms in total. The van der Waals surface area contributed by atoms with E-state index in [1.807, 2.05) is 24.3 Å². The van der Waals surface area contributed by atoms with Gasteiger partial charge in [-0.25, -0.2) is 9.97 Å². The number of nitrogens with one attached hydrogen (secondary N) is 1. The monoisotopic (exact) mass is 314 g/mol. The predicted molar refractivity (Wildman–Crippen MR) is 90.2 cm³/mol. The van der Waals surface area contributed by atoms with Gasteiger partial charge in [0.2, 0.25) is 5.95 Å². The van der Waals surface area contributed by atoms with Gasteiger partial charge >= 0.3 is 0 Å². The Morgan fingerprint density at radius 1 is 1.22 bits per heavy atom. The largest absolute Gasteiger partial charge is 0.497 e. The molecule has 0 atom stereocenters. The van der Waals surface area contributed by atoms with Crippen LogP contribution in [-0.2, 0) is 0 Å². The normalized spacial score (nSPS) is 10.2. The molecule has 1 aromatic carbocycles. The van der Waals surface area contributed by atoms with Gasteiger partial charge in [-0.1, -0.05) is 13.3 Å². The lowest BCUT2D eigenvalue weighted by Crippen LogP contribution is -2.27. The summed E-state index contributed by atoms with van der Waals surface area (Å²) in [5.41, 5.74) is 1.34. The molecule has 1 heterocycles. The summed E-state index contributed by atoms with van der Waals surface area (Å²) >= 11 is 0. The summed E-state index contributed by atoms with van der Waals surface area (Å²) in [4.78, 5) is 22.3. The fourth-order valence-corrected chi connectivity index (χ4v) is 2.02. The molecular weight excluding hydrogens is 292 g/mol. The number of ether oxygens (including phenoxy) is 1. The van der Waals surface area contributed by atoms with Crippen molar-refractivity contribution >= 4 is 17.5 Å². The topological polar surface area (TPSA) is 67.4 Å². The van der Waals surface area contributed by atoms with Crippen molar-refractivity contribution in [3.63, 3.8) is 0 Å². The van der Waals surface area contributed by atoms with Crippen molar-refractivity contribution in [2.45, 2.75) is 19.8 Å². The molecule has 0 saturated heterocycles. The van der Waals surface area contributed by atoms with Crippen molar-refractivity contribution in [1.29, 1.82) is 0 Å². The van der Waals surface area contributed by atoms with Crippen LogP contribution in [-0.4, -0.2) is 41.5 Å². The fraction of sp³-hybridized carbons (Fsp3) is 0.353. The van der Waals surface area contributed by atoms with Gasteiger partial charge in [-0.2, -0.15) is 0 Å². The molecule has 0 unspecified atom stereocenters. The number of benzene rings is 1. The van der Waals surface area contributed by atoms with Crippen molar-refractivity contribution in [2.24, 2.45) is 0 Å². The van der Waals surface area contributed by atoms with Crippen molar-refractivity contribution < 1.29 is 9.53 Å². The number of anilines is 2. The zero-order valence-electron chi connectivity index (χ0n) is 13.7. The molecule has 6 heteroatoms. The van der Waals surface area contributed by atoms with Crippen LogP contribution < -0.4 is 10.1 Å². The number of nitrogens with zero attached hydrogens (tertiary/aromatic N) is 3. The van der Waals surface area contributed by atoms with Gasteiger partial charge < -0.3 is 15.0 Å². The third kappa shape index (κ3) is 4.67. The van der Waals surface area contributed by atoms with Crippen LogP contribution in [0.2, 0.25) is 0 Å². The van der Waals surface area contributed by atoms with Crippen LogP contribution in [0.15, 0.2) is 36.7 Å². The van der Waals surface area contributed by atoms with Crippen LogP contribution in [0.1, 0.15) is 30.1 Å². The first-order valence-electron chi connectivity index (χ1n) is 7.62. The van der Waals surface area contributed by atoms with Gasteiger partial charge in [0.25, 0.3) is 5.91 Å². The Labute approximate surface area is 136 Å². The van der Waals surface area contributed by atoms with Gasteiger partial charge in [0, 0.05) is 31.7 Å². The average Bonchev–Trinajstić information content (AvgIpc) is 2.60. The summed E-state index contributed by atoms with van der Waals surface area (Å²) in [6, 6.07) is 7.45. The van der Waals surface area contributed by atoms with E-state index in [2.05, 4.69) is 22.2 Å². The van der Waals surface area contributed by atoms with E-state index in [4.69, 9.17) is 4.74 Å². The Hall–Kier alpha value is -2.63. The Morgan fingerprint density at radius 2 is 1.87 bits per heavy atom. The molecule has 0 bridgehead atoms. The van der Waals surface area contributed by atoms with Crippen molar-refractivity contribution in [3.8, 4) is 5.75 Å². The highest BCUT2D eigenvalue weighted by molar-refractivity contribution is 5.93. The van der Waals surface area contributed by atoms with Gasteiger partial charge in [0.1, 0.15) is 5.75 Å². The number of carbonyl (C=O) groups excluding carboxylic acids is 1. The molecule has 0 aliphatic carbocycles. The maximum absolute atomic E-state index is 12.2. The quantitative estimate of drug-likeness (QED) is 0.850. The first-order valence-corrected chi connectivity index (χ1v) is 7.62. The lowest BCUT2D eigenvalue weighted by Gasteiger charge is -2.16. The van der Waals surface area contributed by atoms with Gasteiger partial charge in [-0.15, -0.1) is 0 Å². The summed E-state index contributed by atoms with van der Waals surface area (Å²) in [5.74, 6) is 1.17. The lowest BCUT2D eigenvalue weighted by atomic mass is 10.2. The SMILES string of the molecule is CCCCN(C)C(=O)c1cnc(Nc2ccc(OC)cc2)nc1. The van der Waals surface area contributed by atoms with Gasteiger partial charge in [0.15, 0.2) is 0 Å². The van der Waals surface area contributed by atoms with E-state index in [-0.39, 0.29) is 5.91 Å². The number of hydrogen-bond donors (Lipinski definition) is 1. The Bertz CT molecular complexity index is 626. The Balaban J connectivity index is 1.99. The Morgan fingerprint density at radius 3 is 2.43 bits per heavy atom. The van der Waals surface area contributed by atoms with Crippen LogP contribution in [0.3, 0.4) is 0 Å². The van der Waals surface area contributed by atoms with Crippen LogP contribution >= 0.6 is 0 Å². The summed E-state index contributed by atoms with van der Waals surface area (Å²) in [5, 5.41) is 3.08. The lowest BCUT2D eigenvalue weighted by molar-refractivity contribution is 0.0792. The van der Waals surface area contributed by atoms with Crippen LogP contribution in [0.25, 0.3) is 0 Å². The molecule has 0 radical (unpaired) electrons. The van der Waals surface area contributed by atoms with Crippen LogP contribution in [0.4, 0.5) is 11.6 Å². The molecule has 1 amide bonds. The third-order valence-corrected chi connectivity index (χ3v) is 3.44. The highest BCUT2D eigenvalue weighted by Gasteiger charge is 2.12. The van der Waals surface area contributed by atoms with Crippen molar-refractivity contribution in [2.75, 3.05) is 26.0 Å². The van der Waals surface area contributed by atoms with E-state index in [0.717, 1.165) is 30.8 Å². The highest BCUT2D eigenvalue weighted by atomic mass is 16.5. The van der Waals surface area contributed by atoms with Gasteiger partial charge in [-0.3, -0.25) is 4.79 Å². The van der Waals surface area contributed by atoms with E-state index in [1.54, 1.807) is 31.5 Å². The predicted octanol–water partition coefficient (Wildman–Crippen LogP) is 3.10. The van der Waals surface area contributed by atoms with E-state index in [0.29, 0.717) is 11.5 Å². The number of unbranched alkanes of at least 4 members (excludes halogenated alkanes) is 1. The number of aromatic nitrogens is 2. The fourth-order valence-electron chi connectivity index (χ4n) is 2.02. The van der Waals surface area contributed by atoms with Crippen LogP contribution in [0.5, 0.6) is 5.75 Å². The molecule has 0 saturated carbocycles. The molecule has 1 N–H and O–H groups in total. The minimum absolute atomic E-state index is 0.0607. The van der Waals surface area contributed by atoms with Crippen molar-refractivity contribution in [1.82, 2.24) is 14.9 Å². The highest BCUT2D eigenvalue weighted by Crippen LogP contribution is 2.17. The van der Waals surface area contributed by atoms with E-state index in [1.165, 1.54) is 0 Å². The maximum Gasteiger partial charge on any atom is 0.256 e. The molecule has 23 heavy (non-hydrogen) atoms. The number of carbonyl (C=O) groups is 1. The second-order valence-electron chi connectivity index (χ2n) is 5.23. The molecule has 0 aliphatic heterocycles. The molecular formula is C17H22N4O2. The maximum atomic E-state index is 12.2. The molecule has 1 aromatic heterocycles. The first-order chi connectivity index (χ1) is 11.1. The standard InChI is InChI=1S/C17H22N4O2/c1-4-5-10-21(2)16(22)13-11-18-17(19-12-13)20-14-6-8-15(23-3)9-7-14/h6-9,11-12H,4-5,10H2,1-3H3,(H,18,19,20). The molecule has 0 spiro atoms. The van der Waals surface area contributed by atoms with Gasteiger partial charge in [-0.05, 0) is 30.7 Å². The second-order valence-corrected chi connectivity index (χ2v) is 5.23. The molecule has 2 aromatic rings. The Kier molecular flexibility index (Phi) is 5.91.